The molecule has 4 aliphatic rings. The molecule has 0 radical (unpaired) electrons. The number of nitriles is 2. The molecule has 0 bridgehead atoms. The van der Waals surface area contributed by atoms with Crippen LogP contribution < -0.4 is 0 Å². The molecule has 24 nitrogen and oxygen atoms in total. The average Bonchev–Trinajstić information content (AvgIpc) is 1.69. The lowest BCUT2D eigenvalue weighted by molar-refractivity contribution is -0.162. The molecule has 0 saturated carbocycles. The van der Waals surface area contributed by atoms with Crippen molar-refractivity contribution >= 4 is 7.60 Å². The van der Waals surface area contributed by atoms with Crippen LogP contribution in [-0.4, -0.2) is 190 Å². The summed E-state index contributed by atoms with van der Waals surface area (Å²) in [6.45, 7) is 9.26. The molecule has 2 unspecified atom stereocenters. The second-order valence-corrected chi connectivity index (χ2v) is 28.7. The first-order chi connectivity index (χ1) is 55.9. The maximum absolute atomic E-state index is 11.3. The van der Waals surface area contributed by atoms with Crippen molar-refractivity contribution in [3.63, 3.8) is 0 Å². The molecule has 0 aromatic heterocycles. The van der Waals surface area contributed by atoms with Crippen LogP contribution in [0.2, 0.25) is 0 Å². The number of rotatable bonds is 39. The van der Waals surface area contributed by atoms with Gasteiger partial charge < -0.3 is 99.8 Å². The molecule has 0 spiro atoms. The maximum Gasteiger partial charge on any atom is 0.344 e. The van der Waals surface area contributed by atoms with Gasteiger partial charge >= 0.3 is 7.60 Å². The molecule has 8 aromatic rings. The fourth-order valence-electron chi connectivity index (χ4n) is 12.8. The Kier molecular flexibility index (Phi) is 42.3. The molecule has 4 heterocycles. The Morgan fingerprint density at radius 1 is 0.325 bits per heavy atom. The zero-order chi connectivity index (χ0) is 80.8. The minimum atomic E-state index is -3.08. The van der Waals surface area contributed by atoms with Crippen LogP contribution in [0.5, 0.6) is 0 Å². The Hall–Kier alpha value is -7.87. The molecule has 4 saturated heterocycles. The van der Waals surface area contributed by atoms with Gasteiger partial charge in [-0.05, 0) is 58.4 Å². The van der Waals surface area contributed by atoms with Crippen LogP contribution >= 0.6 is 7.60 Å². The first-order valence-corrected chi connectivity index (χ1v) is 39.9. The normalized spacial score (nSPS) is 24.1. The van der Waals surface area contributed by atoms with Crippen molar-refractivity contribution in [3.8, 4) is 12.1 Å². The highest BCUT2D eigenvalue weighted by atomic mass is 31.2. The van der Waals surface area contributed by atoms with E-state index in [9.17, 15) is 14.8 Å². The Bertz CT molecular complexity index is 3870. The third-order valence-electron chi connectivity index (χ3n) is 18.5. The Morgan fingerprint density at radius 3 is 0.912 bits per heavy atom. The van der Waals surface area contributed by atoms with Crippen LogP contribution in [0, 0.1) is 22.7 Å². The van der Waals surface area contributed by atoms with Crippen LogP contribution in [0.3, 0.4) is 0 Å². The van der Waals surface area contributed by atoms with E-state index in [0.29, 0.717) is 92.5 Å². The summed E-state index contributed by atoms with van der Waals surface area (Å²) >= 11 is 0. The van der Waals surface area contributed by atoms with Crippen LogP contribution in [-0.2, 0) is 147 Å². The second-order valence-electron chi connectivity index (χ2n) is 26.6. The van der Waals surface area contributed by atoms with E-state index >= 15 is 0 Å². The van der Waals surface area contributed by atoms with Gasteiger partial charge in [-0.25, -0.2) is 0 Å². The van der Waals surface area contributed by atoms with E-state index in [1.54, 1.807) is 48.4 Å². The number of ether oxygens (including phenoxy) is 17. The summed E-state index contributed by atoms with van der Waals surface area (Å²) < 4.78 is 119. The summed E-state index contributed by atoms with van der Waals surface area (Å²) in [5.41, 5.74) is 8.69. The molecule has 4 fully saturated rings. The molecule has 8 aromatic carbocycles. The monoisotopic (exact) mass is 1590 g/mol. The highest BCUT2D eigenvalue weighted by Gasteiger charge is 2.49. The van der Waals surface area contributed by atoms with Gasteiger partial charge in [0.25, 0.3) is 0 Å². The minimum absolute atomic E-state index is 0.172. The van der Waals surface area contributed by atoms with Crippen molar-refractivity contribution < 1.29 is 104 Å². The quantitative estimate of drug-likeness (QED) is 0.0339. The number of aliphatic hydroxyl groups excluding tert-OH is 2. The predicted octanol–water partition coefficient (Wildman–Crippen LogP) is 13.5. The van der Waals surface area contributed by atoms with Gasteiger partial charge in [0.2, 0.25) is 0 Å². The van der Waals surface area contributed by atoms with E-state index in [-0.39, 0.29) is 67.5 Å². The zero-order valence-electron chi connectivity index (χ0n) is 66.0. The highest BCUT2D eigenvalue weighted by molar-refractivity contribution is 7.54. The van der Waals surface area contributed by atoms with Crippen LogP contribution in [0.15, 0.2) is 243 Å². The van der Waals surface area contributed by atoms with Gasteiger partial charge in [-0.3, -0.25) is 4.57 Å². The Labute approximate surface area is 671 Å². The lowest BCUT2D eigenvalue weighted by atomic mass is 10.1. The van der Waals surface area contributed by atoms with Gasteiger partial charge in [0.15, 0.2) is 18.9 Å². The minimum Gasteiger partial charge on any atom is -0.385 e. The number of benzene rings is 8. The molecule has 0 aliphatic carbocycles. The summed E-state index contributed by atoms with van der Waals surface area (Å²) in [5, 5.41) is 37.8. The van der Waals surface area contributed by atoms with E-state index < -0.39 is 50.9 Å². The molecule has 0 amide bonds. The molecule has 12 rings (SSSR count). The largest absolute Gasteiger partial charge is 0.385 e. The van der Waals surface area contributed by atoms with Gasteiger partial charge in [0.05, 0.1) is 117 Å². The molecule has 614 valence electrons. The number of aliphatic hydroxyl groups is 2. The second kappa shape index (κ2) is 52.7. The topological polar surface area (TPSA) is 280 Å². The third kappa shape index (κ3) is 31.0. The fraction of sp³-hybridized carbons (Fsp3) is 0.438. The van der Waals surface area contributed by atoms with Gasteiger partial charge in [0, 0.05) is 35.5 Å². The number of nitrogens with zero attached hydrogens (tertiary/aromatic N) is 2. The van der Waals surface area contributed by atoms with E-state index in [1.807, 2.05) is 243 Å². The Balaban J connectivity index is 0.000000182. The van der Waals surface area contributed by atoms with Crippen molar-refractivity contribution in [1.82, 2.24) is 0 Å². The van der Waals surface area contributed by atoms with Crippen molar-refractivity contribution in [1.29, 1.82) is 10.5 Å². The lowest BCUT2D eigenvalue weighted by Gasteiger charge is -2.23. The SMILES string of the molecule is CCOP(=O)(CC#N)OCC.CO[C@H]1C(CC#N)O[C@H](COCc2ccccc2)[C@H]1OCc1ccccc1.CO[C@H]1C(O)O[C@H](COCc2ccccc2)[C@H]1OCc1ccccc1.CO[C@H]1O[C@H](COCc2ccccc2)[C@@H](OCc2ccccc2)[C@H]1O.CO[C@H]1O[C@H](COCc2ccccc2)[C@@H](OCc2ccccc2)[C@H]1OC. The van der Waals surface area contributed by atoms with E-state index in [1.165, 1.54) is 7.11 Å². The maximum atomic E-state index is 11.3. The van der Waals surface area contributed by atoms with Crippen molar-refractivity contribution in [2.45, 2.75) is 171 Å². The van der Waals surface area contributed by atoms with Gasteiger partial charge in [0.1, 0.15) is 79.4 Å². The molecular formula is C89H111N2O22P. The first kappa shape index (κ1) is 91.7. The molecule has 16 atom stereocenters. The van der Waals surface area contributed by atoms with Gasteiger partial charge in [-0.2, -0.15) is 10.5 Å². The number of hydrogen-bond donors (Lipinski definition) is 2. The van der Waals surface area contributed by atoms with E-state index in [0.717, 1.165) is 44.5 Å². The van der Waals surface area contributed by atoms with Crippen molar-refractivity contribution in [2.75, 3.05) is 81.4 Å². The van der Waals surface area contributed by atoms with Gasteiger partial charge in [-0.1, -0.05) is 243 Å². The average molecular weight is 1590 g/mol. The fourth-order valence-corrected chi connectivity index (χ4v) is 14.0. The summed E-state index contributed by atoms with van der Waals surface area (Å²) in [7, 11) is 4.86. The molecule has 2 N–H and O–H groups in total. The number of hydrogen-bond acceptors (Lipinski definition) is 24. The summed E-state index contributed by atoms with van der Waals surface area (Å²) in [6.07, 6.45) is -7.12. The third-order valence-corrected chi connectivity index (χ3v) is 20.3. The summed E-state index contributed by atoms with van der Waals surface area (Å²) in [4.78, 5) is 0. The molecule has 114 heavy (non-hydrogen) atoms. The van der Waals surface area contributed by atoms with Crippen LogP contribution in [0.25, 0.3) is 0 Å². The van der Waals surface area contributed by atoms with Crippen LogP contribution in [0.4, 0.5) is 0 Å². The predicted molar refractivity (Wildman–Crippen MR) is 425 cm³/mol. The van der Waals surface area contributed by atoms with E-state index in [2.05, 4.69) is 6.07 Å². The summed E-state index contributed by atoms with van der Waals surface area (Å²) in [5.74, 6) is 0. The molecular weight excluding hydrogens is 1480 g/mol. The zero-order valence-corrected chi connectivity index (χ0v) is 66.9. The first-order valence-electron chi connectivity index (χ1n) is 38.2. The standard InChI is InChI=1S/C22H25NO4.C21H26O5.2C20H24O5.C6H12NO3P/c1-24-21-19(12-13-23)27-20(16-25-14-17-8-4-2-5-9-17)22(21)26-15-18-10-6-3-7-11-18;1-22-20-19(25-14-17-11-7-4-8-12-17)18(26-21(20)23-2)15-24-13-16-9-5-3-6-10-16;1-22-20-18(21)19(24-13-16-10-6-3-7-11-16)17(25-20)14-23-12-15-8-4-2-5-9-15;1-22-19-18(24-13-16-10-6-3-7-11-16)17(25-20(19)21)14-23-12-15-8-4-2-5-9-15;1-3-9-11(8,6-5-7)10-4-2/h2-11,19-22H,12,14-16H2,1H3;3-12,18-21H,13-15H2,1-2H3;2*2-11,17-21H,12-14H2,1H3;3-4,6H2,1-2H3/t19?,20-,21+,22-;18-,19-,20-,21+;17-,18-,19-,20+;17-,18-,19-,20?;/m1111./s1. The summed E-state index contributed by atoms with van der Waals surface area (Å²) in [6, 6.07) is 83.6. The lowest BCUT2D eigenvalue weighted by Crippen LogP contribution is -2.38. The highest BCUT2D eigenvalue weighted by Crippen LogP contribution is 2.47. The van der Waals surface area contributed by atoms with Gasteiger partial charge in [-0.15, -0.1) is 0 Å². The Morgan fingerprint density at radius 2 is 0.605 bits per heavy atom. The van der Waals surface area contributed by atoms with Crippen molar-refractivity contribution in [3.05, 3.63) is 287 Å². The molecule has 4 aliphatic heterocycles. The molecule has 25 heteroatoms. The smallest absolute Gasteiger partial charge is 0.344 e. The van der Waals surface area contributed by atoms with E-state index in [4.69, 9.17) is 100 Å². The van der Waals surface area contributed by atoms with Crippen LogP contribution in [0.1, 0.15) is 64.8 Å². The number of methoxy groups -OCH3 is 5. The van der Waals surface area contributed by atoms with Crippen molar-refractivity contribution in [2.24, 2.45) is 0 Å².